The standard InChI is InChI=1S/C29H50N2O7/c1-18-11-12-22-19(2)23(35-25-29(22)21(18)13-15-28(7,36-25)37-38-29)14-17-34-26(33)30-16-9-8-10-24(32)31-20(3)27(4,5)6/h18-23,25H,8-17H2,1-7H3,(H,30,33)(H,31,32). The van der Waals surface area contributed by atoms with Crippen LogP contribution in [0.15, 0.2) is 0 Å². The topological polar surface area (TPSA) is 104 Å². The molecule has 5 fully saturated rings. The second-order valence-electron chi connectivity index (χ2n) is 13.4. The summed E-state index contributed by atoms with van der Waals surface area (Å²) in [7, 11) is 0. The van der Waals surface area contributed by atoms with Gasteiger partial charge in [0, 0.05) is 37.8 Å². The van der Waals surface area contributed by atoms with Gasteiger partial charge in [-0.05, 0) is 69.1 Å². The quantitative estimate of drug-likeness (QED) is 0.312. The van der Waals surface area contributed by atoms with E-state index in [1.165, 1.54) is 0 Å². The first-order valence-corrected chi connectivity index (χ1v) is 14.8. The van der Waals surface area contributed by atoms with Gasteiger partial charge in [0.05, 0.1) is 12.7 Å². The lowest BCUT2D eigenvalue weighted by atomic mass is 9.57. The van der Waals surface area contributed by atoms with Crippen molar-refractivity contribution in [2.45, 2.75) is 130 Å². The Hall–Kier alpha value is -1.42. The van der Waals surface area contributed by atoms with E-state index in [0.29, 0.717) is 37.6 Å². The molecule has 2 amide bonds. The zero-order valence-electron chi connectivity index (χ0n) is 24.5. The van der Waals surface area contributed by atoms with Crippen LogP contribution in [0.3, 0.4) is 0 Å². The minimum Gasteiger partial charge on any atom is -0.449 e. The molecule has 0 radical (unpaired) electrons. The van der Waals surface area contributed by atoms with E-state index in [0.717, 1.165) is 32.1 Å². The summed E-state index contributed by atoms with van der Waals surface area (Å²) in [6.45, 7) is 15.5. The van der Waals surface area contributed by atoms with Crippen LogP contribution in [-0.2, 0) is 28.8 Å². The summed E-state index contributed by atoms with van der Waals surface area (Å²) in [5.41, 5.74) is -0.535. The molecule has 5 aliphatic rings. The minimum atomic E-state index is -0.787. The van der Waals surface area contributed by atoms with Crippen molar-refractivity contribution in [3.8, 4) is 0 Å². The average Bonchev–Trinajstić information content (AvgIpc) is 3.07. The minimum absolute atomic E-state index is 0.0307. The zero-order valence-corrected chi connectivity index (χ0v) is 24.5. The molecule has 4 saturated heterocycles. The van der Waals surface area contributed by atoms with Crippen molar-refractivity contribution in [3.63, 3.8) is 0 Å². The lowest BCUT2D eigenvalue weighted by Gasteiger charge is -2.60. The summed E-state index contributed by atoms with van der Waals surface area (Å²) in [4.78, 5) is 36.4. The SMILES string of the molecule is CC1CCC2C(C)C(CCOC(=O)NCCCCC(=O)NC(C)C(C)(C)C)OC3OC4(C)CCC1C32OO4. The molecule has 218 valence electrons. The highest BCUT2D eigenvalue weighted by atomic mass is 17.3. The second-order valence-corrected chi connectivity index (χ2v) is 13.4. The Balaban J connectivity index is 1.19. The molecule has 9 heteroatoms. The summed E-state index contributed by atoms with van der Waals surface area (Å²) in [5.74, 6) is 0.636. The number of hydrogen-bond acceptors (Lipinski definition) is 7. The van der Waals surface area contributed by atoms with Crippen LogP contribution in [0.1, 0.15) is 99.8 Å². The molecular formula is C29H50N2O7. The fourth-order valence-corrected chi connectivity index (χ4v) is 6.76. The smallest absolute Gasteiger partial charge is 0.407 e. The van der Waals surface area contributed by atoms with Crippen molar-refractivity contribution in [3.05, 3.63) is 0 Å². The number of unbranched alkanes of at least 4 members (excludes halogenated alkanes) is 1. The van der Waals surface area contributed by atoms with E-state index in [1.807, 2.05) is 13.8 Å². The van der Waals surface area contributed by atoms with Crippen LogP contribution in [0.2, 0.25) is 0 Å². The predicted molar refractivity (Wildman–Crippen MR) is 142 cm³/mol. The maximum Gasteiger partial charge on any atom is 0.407 e. The van der Waals surface area contributed by atoms with Gasteiger partial charge in [-0.2, -0.15) is 0 Å². The number of alkyl carbamates (subject to hydrolysis) is 1. The van der Waals surface area contributed by atoms with Crippen LogP contribution < -0.4 is 10.6 Å². The van der Waals surface area contributed by atoms with Gasteiger partial charge in [0.15, 0.2) is 11.9 Å². The molecule has 0 aromatic rings. The van der Waals surface area contributed by atoms with Crippen LogP contribution >= 0.6 is 0 Å². The monoisotopic (exact) mass is 538 g/mol. The molecular weight excluding hydrogens is 488 g/mol. The molecule has 9 unspecified atom stereocenters. The van der Waals surface area contributed by atoms with Crippen LogP contribution in [0.5, 0.6) is 0 Å². The summed E-state index contributed by atoms with van der Waals surface area (Å²) < 4.78 is 18.4. The first kappa shape index (κ1) is 29.6. The first-order valence-electron chi connectivity index (χ1n) is 14.8. The van der Waals surface area contributed by atoms with Crippen molar-refractivity contribution in [2.75, 3.05) is 13.2 Å². The number of ether oxygens (including phenoxy) is 3. The molecule has 5 rings (SSSR count). The Labute approximate surface area is 228 Å². The number of carbonyl (C=O) groups excluding carboxylic acids is 2. The molecule has 4 aliphatic heterocycles. The van der Waals surface area contributed by atoms with Crippen molar-refractivity contribution >= 4 is 12.0 Å². The maximum absolute atomic E-state index is 12.2. The molecule has 2 N–H and O–H groups in total. The van der Waals surface area contributed by atoms with Gasteiger partial charge in [-0.25, -0.2) is 14.6 Å². The highest BCUT2D eigenvalue weighted by Gasteiger charge is 2.69. The lowest BCUT2D eigenvalue weighted by Crippen LogP contribution is -2.70. The molecule has 0 aromatic heterocycles. The fraction of sp³-hybridized carbons (Fsp3) is 0.931. The van der Waals surface area contributed by atoms with Gasteiger partial charge in [0.25, 0.3) is 0 Å². The molecule has 1 aliphatic carbocycles. The van der Waals surface area contributed by atoms with Crippen LogP contribution in [0, 0.1) is 29.1 Å². The number of hydrogen-bond donors (Lipinski definition) is 2. The molecule has 2 bridgehead atoms. The van der Waals surface area contributed by atoms with Gasteiger partial charge in [-0.15, -0.1) is 0 Å². The van der Waals surface area contributed by atoms with Crippen molar-refractivity contribution in [1.82, 2.24) is 10.6 Å². The number of rotatable bonds is 9. The fourth-order valence-electron chi connectivity index (χ4n) is 6.76. The van der Waals surface area contributed by atoms with E-state index in [2.05, 4.69) is 45.3 Å². The summed E-state index contributed by atoms with van der Waals surface area (Å²) >= 11 is 0. The summed E-state index contributed by atoms with van der Waals surface area (Å²) in [6.07, 6.45) is 5.51. The second kappa shape index (κ2) is 11.6. The van der Waals surface area contributed by atoms with Gasteiger partial charge < -0.3 is 24.8 Å². The average molecular weight is 539 g/mol. The number of fused-ring (bicyclic) bond motifs is 2. The van der Waals surface area contributed by atoms with Gasteiger partial charge in [0.1, 0.15) is 0 Å². The van der Waals surface area contributed by atoms with Crippen LogP contribution in [-0.4, -0.2) is 55.0 Å². The van der Waals surface area contributed by atoms with E-state index < -0.39 is 23.8 Å². The number of amides is 2. The highest BCUT2D eigenvalue weighted by molar-refractivity contribution is 5.76. The molecule has 9 nitrogen and oxygen atoms in total. The Morgan fingerprint density at radius 2 is 1.84 bits per heavy atom. The van der Waals surface area contributed by atoms with Crippen LogP contribution in [0.4, 0.5) is 4.79 Å². The molecule has 1 spiro atoms. The third-order valence-corrected chi connectivity index (χ3v) is 9.71. The highest BCUT2D eigenvalue weighted by Crippen LogP contribution is 2.60. The molecule has 38 heavy (non-hydrogen) atoms. The lowest BCUT2D eigenvalue weighted by molar-refractivity contribution is -0.571. The molecule has 1 saturated carbocycles. The number of nitrogens with one attached hydrogen (secondary N) is 2. The van der Waals surface area contributed by atoms with Gasteiger partial charge in [-0.3, -0.25) is 4.79 Å². The van der Waals surface area contributed by atoms with Crippen molar-refractivity contribution in [1.29, 1.82) is 0 Å². The van der Waals surface area contributed by atoms with E-state index in [-0.39, 0.29) is 41.9 Å². The number of carbonyl (C=O) groups is 2. The summed E-state index contributed by atoms with van der Waals surface area (Å²) in [6, 6.07) is 0.112. The van der Waals surface area contributed by atoms with Gasteiger partial charge in [-0.1, -0.05) is 34.6 Å². The largest absolute Gasteiger partial charge is 0.449 e. The van der Waals surface area contributed by atoms with Crippen LogP contribution in [0.25, 0.3) is 0 Å². The van der Waals surface area contributed by atoms with E-state index >= 15 is 0 Å². The maximum atomic E-state index is 12.2. The molecule has 0 aromatic carbocycles. The third kappa shape index (κ3) is 6.16. The van der Waals surface area contributed by atoms with E-state index in [9.17, 15) is 9.59 Å². The van der Waals surface area contributed by atoms with Gasteiger partial charge in [0.2, 0.25) is 11.7 Å². The Kier molecular flexibility index (Phi) is 9.02. The van der Waals surface area contributed by atoms with Crippen molar-refractivity contribution in [2.24, 2.45) is 29.1 Å². The molecule has 4 heterocycles. The Morgan fingerprint density at radius 1 is 1.08 bits per heavy atom. The normalized spacial score (nSPS) is 39.0. The third-order valence-electron chi connectivity index (χ3n) is 9.71. The van der Waals surface area contributed by atoms with Crippen molar-refractivity contribution < 1.29 is 33.6 Å². The Bertz CT molecular complexity index is 847. The van der Waals surface area contributed by atoms with Gasteiger partial charge >= 0.3 is 6.09 Å². The Morgan fingerprint density at radius 3 is 2.58 bits per heavy atom. The first-order chi connectivity index (χ1) is 17.9. The van der Waals surface area contributed by atoms with E-state index in [1.54, 1.807) is 0 Å². The van der Waals surface area contributed by atoms with E-state index in [4.69, 9.17) is 24.0 Å². The predicted octanol–water partition coefficient (Wildman–Crippen LogP) is 5.07. The molecule has 9 atom stereocenters. The zero-order chi connectivity index (χ0) is 27.7. The summed E-state index contributed by atoms with van der Waals surface area (Å²) in [5, 5.41) is 5.84.